The monoisotopic (exact) mass is 280 g/mol. The maximum absolute atomic E-state index is 11.9. The predicted octanol–water partition coefficient (Wildman–Crippen LogP) is 1.54. The lowest BCUT2D eigenvalue weighted by atomic mass is 9.81. The standard InChI is InChI=1S/C14H24N4O2/c1-9(2)13-17-18-14(20-13)11-5-3-10(4-6-11)12(19)16-8-7-15/h9-11H,3-8,15H2,1-2H3,(H,16,19). The van der Waals surface area contributed by atoms with Gasteiger partial charge in [0.25, 0.3) is 0 Å². The van der Waals surface area contributed by atoms with Crippen LogP contribution in [0.25, 0.3) is 0 Å². The number of amides is 1. The van der Waals surface area contributed by atoms with Gasteiger partial charge in [-0.25, -0.2) is 0 Å². The van der Waals surface area contributed by atoms with E-state index in [1.165, 1.54) is 0 Å². The second-order valence-corrected chi connectivity index (χ2v) is 5.76. The molecule has 0 radical (unpaired) electrons. The van der Waals surface area contributed by atoms with Gasteiger partial charge < -0.3 is 15.5 Å². The zero-order valence-corrected chi connectivity index (χ0v) is 12.3. The van der Waals surface area contributed by atoms with Gasteiger partial charge in [-0.2, -0.15) is 0 Å². The summed E-state index contributed by atoms with van der Waals surface area (Å²) in [7, 11) is 0. The molecule has 6 nitrogen and oxygen atoms in total. The zero-order valence-electron chi connectivity index (χ0n) is 12.3. The molecule has 1 amide bonds. The minimum Gasteiger partial charge on any atom is -0.425 e. The third kappa shape index (κ3) is 3.56. The molecular weight excluding hydrogens is 256 g/mol. The van der Waals surface area contributed by atoms with Crippen molar-refractivity contribution in [3.63, 3.8) is 0 Å². The summed E-state index contributed by atoms with van der Waals surface area (Å²) in [5, 5.41) is 11.1. The quantitative estimate of drug-likeness (QED) is 0.853. The molecule has 0 atom stereocenters. The molecule has 0 spiro atoms. The summed E-state index contributed by atoms with van der Waals surface area (Å²) in [4.78, 5) is 11.9. The number of nitrogens with two attached hydrogens (primary N) is 1. The van der Waals surface area contributed by atoms with Gasteiger partial charge >= 0.3 is 0 Å². The fourth-order valence-corrected chi connectivity index (χ4v) is 2.59. The lowest BCUT2D eigenvalue weighted by molar-refractivity contribution is -0.126. The number of hydrogen-bond donors (Lipinski definition) is 2. The highest BCUT2D eigenvalue weighted by Gasteiger charge is 2.29. The highest BCUT2D eigenvalue weighted by Crippen LogP contribution is 2.35. The maximum Gasteiger partial charge on any atom is 0.223 e. The van der Waals surface area contributed by atoms with Crippen LogP contribution in [0, 0.1) is 5.92 Å². The molecule has 6 heteroatoms. The molecule has 1 fully saturated rings. The van der Waals surface area contributed by atoms with Crippen molar-refractivity contribution >= 4 is 5.91 Å². The Balaban J connectivity index is 1.85. The van der Waals surface area contributed by atoms with Gasteiger partial charge in [-0.1, -0.05) is 13.8 Å². The molecule has 112 valence electrons. The highest BCUT2D eigenvalue weighted by atomic mass is 16.4. The lowest BCUT2D eigenvalue weighted by Crippen LogP contribution is -2.35. The molecular formula is C14H24N4O2. The Hall–Kier alpha value is -1.43. The third-order valence-corrected chi connectivity index (χ3v) is 3.84. The van der Waals surface area contributed by atoms with Crippen LogP contribution >= 0.6 is 0 Å². The second-order valence-electron chi connectivity index (χ2n) is 5.76. The topological polar surface area (TPSA) is 94.0 Å². The third-order valence-electron chi connectivity index (χ3n) is 3.84. The van der Waals surface area contributed by atoms with Crippen LogP contribution in [0.5, 0.6) is 0 Å². The Labute approximate surface area is 119 Å². The van der Waals surface area contributed by atoms with E-state index in [0.717, 1.165) is 31.6 Å². The molecule has 1 aromatic rings. The van der Waals surface area contributed by atoms with E-state index in [4.69, 9.17) is 10.2 Å². The molecule has 1 aromatic heterocycles. The second kappa shape index (κ2) is 6.83. The van der Waals surface area contributed by atoms with Crippen molar-refractivity contribution in [1.29, 1.82) is 0 Å². The van der Waals surface area contributed by atoms with Gasteiger partial charge in [-0.3, -0.25) is 4.79 Å². The average molecular weight is 280 g/mol. The van der Waals surface area contributed by atoms with E-state index in [1.807, 2.05) is 13.8 Å². The van der Waals surface area contributed by atoms with Crippen molar-refractivity contribution in [3.05, 3.63) is 11.8 Å². The predicted molar refractivity (Wildman–Crippen MR) is 75.2 cm³/mol. The minimum atomic E-state index is 0.102. The van der Waals surface area contributed by atoms with Crippen LogP contribution in [0.3, 0.4) is 0 Å². The summed E-state index contributed by atoms with van der Waals surface area (Å²) in [6.07, 6.45) is 3.61. The largest absolute Gasteiger partial charge is 0.425 e. The van der Waals surface area contributed by atoms with Crippen LogP contribution in [-0.4, -0.2) is 29.2 Å². The van der Waals surface area contributed by atoms with Gasteiger partial charge in [-0.05, 0) is 25.7 Å². The average Bonchev–Trinajstić information content (AvgIpc) is 2.95. The first-order valence-electron chi connectivity index (χ1n) is 7.43. The van der Waals surface area contributed by atoms with E-state index in [0.29, 0.717) is 24.9 Å². The summed E-state index contributed by atoms with van der Waals surface area (Å²) < 4.78 is 5.71. The number of nitrogens with zero attached hydrogens (tertiary/aromatic N) is 2. The molecule has 0 unspecified atom stereocenters. The molecule has 1 saturated carbocycles. The van der Waals surface area contributed by atoms with Gasteiger partial charge in [0.15, 0.2) is 0 Å². The molecule has 0 aromatic carbocycles. The summed E-state index contributed by atoms with van der Waals surface area (Å²) in [6, 6.07) is 0. The summed E-state index contributed by atoms with van der Waals surface area (Å²) in [5.74, 6) is 2.22. The van der Waals surface area contributed by atoms with E-state index in [1.54, 1.807) is 0 Å². The highest BCUT2D eigenvalue weighted by molar-refractivity contribution is 5.78. The molecule has 2 rings (SSSR count). The first-order valence-corrected chi connectivity index (χ1v) is 7.43. The first kappa shape index (κ1) is 15.0. The zero-order chi connectivity index (χ0) is 14.5. The minimum absolute atomic E-state index is 0.102. The van der Waals surface area contributed by atoms with Gasteiger partial charge in [-0.15, -0.1) is 10.2 Å². The normalized spacial score (nSPS) is 23.0. The Morgan fingerprint density at radius 1 is 1.35 bits per heavy atom. The van der Waals surface area contributed by atoms with E-state index in [2.05, 4.69) is 15.5 Å². The summed E-state index contributed by atoms with van der Waals surface area (Å²) >= 11 is 0. The molecule has 1 heterocycles. The van der Waals surface area contributed by atoms with Gasteiger partial charge in [0, 0.05) is 30.8 Å². The molecule has 1 aliphatic carbocycles. The van der Waals surface area contributed by atoms with Crippen LogP contribution in [-0.2, 0) is 4.79 Å². The van der Waals surface area contributed by atoms with E-state index < -0.39 is 0 Å². The number of rotatable bonds is 5. The first-order chi connectivity index (χ1) is 9.61. The van der Waals surface area contributed by atoms with Crippen molar-refractivity contribution in [2.24, 2.45) is 11.7 Å². The fraction of sp³-hybridized carbons (Fsp3) is 0.786. The van der Waals surface area contributed by atoms with Crippen molar-refractivity contribution in [1.82, 2.24) is 15.5 Å². The SMILES string of the molecule is CC(C)c1nnc(C2CCC(C(=O)NCCN)CC2)o1. The number of carbonyl (C=O) groups is 1. The van der Waals surface area contributed by atoms with Crippen molar-refractivity contribution in [2.45, 2.75) is 51.4 Å². The van der Waals surface area contributed by atoms with Crippen LogP contribution < -0.4 is 11.1 Å². The molecule has 1 aliphatic rings. The fourth-order valence-electron chi connectivity index (χ4n) is 2.59. The number of carbonyl (C=O) groups excluding carboxylic acids is 1. The molecule has 3 N–H and O–H groups in total. The van der Waals surface area contributed by atoms with Crippen molar-refractivity contribution in [2.75, 3.05) is 13.1 Å². The smallest absolute Gasteiger partial charge is 0.223 e. The number of aromatic nitrogens is 2. The van der Waals surface area contributed by atoms with Crippen LogP contribution in [0.1, 0.15) is 63.1 Å². The molecule has 0 aliphatic heterocycles. The Morgan fingerprint density at radius 3 is 2.60 bits per heavy atom. The van der Waals surface area contributed by atoms with E-state index in [-0.39, 0.29) is 17.7 Å². The van der Waals surface area contributed by atoms with Crippen molar-refractivity contribution in [3.8, 4) is 0 Å². The van der Waals surface area contributed by atoms with Gasteiger partial charge in [0.2, 0.25) is 17.7 Å². The molecule has 0 bridgehead atoms. The Kier molecular flexibility index (Phi) is 5.11. The van der Waals surface area contributed by atoms with Gasteiger partial charge in [0.1, 0.15) is 0 Å². The van der Waals surface area contributed by atoms with E-state index in [9.17, 15) is 4.79 Å². The maximum atomic E-state index is 11.9. The summed E-state index contributed by atoms with van der Waals surface area (Å²) in [6.45, 7) is 5.12. The lowest BCUT2D eigenvalue weighted by Gasteiger charge is -2.25. The Morgan fingerprint density at radius 2 is 2.05 bits per heavy atom. The van der Waals surface area contributed by atoms with E-state index >= 15 is 0 Å². The van der Waals surface area contributed by atoms with Gasteiger partial charge in [0.05, 0.1) is 0 Å². The van der Waals surface area contributed by atoms with Crippen LogP contribution in [0.2, 0.25) is 0 Å². The molecule has 20 heavy (non-hydrogen) atoms. The van der Waals surface area contributed by atoms with Crippen molar-refractivity contribution < 1.29 is 9.21 Å². The Bertz CT molecular complexity index is 436. The van der Waals surface area contributed by atoms with Crippen LogP contribution in [0.4, 0.5) is 0 Å². The number of hydrogen-bond acceptors (Lipinski definition) is 5. The molecule has 0 saturated heterocycles. The van der Waals surface area contributed by atoms with Crippen LogP contribution in [0.15, 0.2) is 4.42 Å². The summed E-state index contributed by atoms with van der Waals surface area (Å²) in [5.41, 5.74) is 5.39. The number of nitrogens with one attached hydrogen (secondary N) is 1.